The summed E-state index contributed by atoms with van der Waals surface area (Å²) < 4.78 is 0. The van der Waals surface area contributed by atoms with Gasteiger partial charge in [0.25, 0.3) is 0 Å². The predicted molar refractivity (Wildman–Crippen MR) is 80.0 cm³/mol. The van der Waals surface area contributed by atoms with Gasteiger partial charge in [-0.15, -0.1) is 0 Å². The van der Waals surface area contributed by atoms with Crippen LogP contribution in [-0.4, -0.2) is 35.1 Å². The third kappa shape index (κ3) is 5.29. The van der Waals surface area contributed by atoms with Gasteiger partial charge in [-0.1, -0.05) is 6.07 Å². The van der Waals surface area contributed by atoms with Gasteiger partial charge in [0.05, 0.1) is 5.69 Å². The highest BCUT2D eigenvalue weighted by Gasteiger charge is 2.20. The number of nitrogens with zero attached hydrogens (tertiary/aromatic N) is 2. The molecule has 0 amide bonds. The van der Waals surface area contributed by atoms with Crippen molar-refractivity contribution in [1.29, 1.82) is 0 Å². The van der Waals surface area contributed by atoms with Crippen molar-refractivity contribution in [3.63, 3.8) is 0 Å². The molecule has 1 aromatic heterocycles. The highest BCUT2D eigenvalue weighted by atomic mass is 15.1. The summed E-state index contributed by atoms with van der Waals surface area (Å²) in [6.07, 6.45) is 4.49. The molecule has 1 fully saturated rings. The molecule has 0 unspecified atom stereocenters. The molecule has 0 saturated carbocycles. The van der Waals surface area contributed by atoms with Crippen LogP contribution in [0.4, 0.5) is 0 Å². The number of aromatic nitrogens is 1. The first-order valence-corrected chi connectivity index (χ1v) is 7.40. The van der Waals surface area contributed by atoms with E-state index in [1.807, 2.05) is 12.3 Å². The molecule has 1 N–H and O–H groups in total. The molecule has 106 valence electrons. The van der Waals surface area contributed by atoms with Crippen LogP contribution in [0.3, 0.4) is 0 Å². The third-order valence-electron chi connectivity index (χ3n) is 3.74. The van der Waals surface area contributed by atoms with E-state index < -0.39 is 0 Å². The van der Waals surface area contributed by atoms with Crippen LogP contribution in [0.15, 0.2) is 24.4 Å². The van der Waals surface area contributed by atoms with Gasteiger partial charge in [-0.2, -0.15) is 0 Å². The van der Waals surface area contributed by atoms with E-state index in [0.717, 1.165) is 19.0 Å². The molecular weight excluding hydrogens is 234 g/mol. The molecule has 1 saturated heterocycles. The molecule has 19 heavy (non-hydrogen) atoms. The minimum absolute atomic E-state index is 0.241. The fourth-order valence-electron chi connectivity index (χ4n) is 2.52. The normalized spacial score (nSPS) is 18.7. The van der Waals surface area contributed by atoms with E-state index >= 15 is 0 Å². The Balaban J connectivity index is 1.71. The Hall–Kier alpha value is -0.930. The van der Waals surface area contributed by atoms with Crippen molar-refractivity contribution in [3.05, 3.63) is 30.1 Å². The summed E-state index contributed by atoms with van der Waals surface area (Å²) in [5.41, 5.74) is 1.43. The molecule has 0 aromatic carbocycles. The first kappa shape index (κ1) is 14.5. The van der Waals surface area contributed by atoms with Crippen LogP contribution in [-0.2, 0) is 6.54 Å². The molecule has 1 aliphatic heterocycles. The Morgan fingerprint density at radius 2 is 2.00 bits per heavy atom. The molecule has 3 nitrogen and oxygen atoms in total. The quantitative estimate of drug-likeness (QED) is 0.903. The van der Waals surface area contributed by atoms with Crippen LogP contribution in [0, 0.1) is 5.92 Å². The van der Waals surface area contributed by atoms with E-state index in [4.69, 9.17) is 0 Å². The Labute approximate surface area is 117 Å². The Morgan fingerprint density at radius 3 is 2.58 bits per heavy atom. The van der Waals surface area contributed by atoms with E-state index in [-0.39, 0.29) is 5.54 Å². The smallest absolute Gasteiger partial charge is 0.0543 e. The predicted octanol–water partition coefficient (Wildman–Crippen LogP) is 2.68. The Morgan fingerprint density at radius 1 is 1.26 bits per heavy atom. The third-order valence-corrected chi connectivity index (χ3v) is 3.74. The highest BCUT2D eigenvalue weighted by molar-refractivity contribution is 5.03. The summed E-state index contributed by atoms with van der Waals surface area (Å²) in [6.45, 7) is 11.3. The van der Waals surface area contributed by atoms with E-state index in [9.17, 15) is 0 Å². The summed E-state index contributed by atoms with van der Waals surface area (Å²) in [5, 5.41) is 3.63. The van der Waals surface area contributed by atoms with Gasteiger partial charge in [-0.3, -0.25) is 9.88 Å². The SMILES string of the molecule is CC(C)(C)NCC1CCN(Cc2ccccn2)CC1. The molecule has 3 heteroatoms. The van der Waals surface area contributed by atoms with E-state index in [1.165, 1.54) is 31.6 Å². The first-order valence-electron chi connectivity index (χ1n) is 7.40. The number of pyridine rings is 1. The van der Waals surface area contributed by atoms with Crippen molar-refractivity contribution < 1.29 is 0 Å². The van der Waals surface area contributed by atoms with Gasteiger partial charge < -0.3 is 5.32 Å². The second-order valence-corrected chi connectivity index (χ2v) is 6.67. The van der Waals surface area contributed by atoms with Crippen LogP contribution >= 0.6 is 0 Å². The van der Waals surface area contributed by atoms with Gasteiger partial charge >= 0.3 is 0 Å². The topological polar surface area (TPSA) is 28.2 Å². The molecule has 0 aliphatic carbocycles. The van der Waals surface area contributed by atoms with Gasteiger partial charge in [0, 0.05) is 18.3 Å². The highest BCUT2D eigenvalue weighted by Crippen LogP contribution is 2.18. The minimum Gasteiger partial charge on any atom is -0.312 e. The summed E-state index contributed by atoms with van der Waals surface area (Å²) in [4.78, 5) is 6.93. The van der Waals surface area contributed by atoms with Crippen molar-refractivity contribution in [2.75, 3.05) is 19.6 Å². The maximum Gasteiger partial charge on any atom is 0.0543 e. The van der Waals surface area contributed by atoms with Crippen LogP contribution in [0.2, 0.25) is 0 Å². The van der Waals surface area contributed by atoms with Crippen molar-refractivity contribution in [2.45, 2.75) is 45.7 Å². The zero-order valence-corrected chi connectivity index (χ0v) is 12.5. The molecule has 0 atom stereocenters. The van der Waals surface area contributed by atoms with E-state index in [0.29, 0.717) is 0 Å². The maximum atomic E-state index is 4.41. The van der Waals surface area contributed by atoms with Gasteiger partial charge in [-0.05, 0) is 71.3 Å². The van der Waals surface area contributed by atoms with Gasteiger partial charge in [-0.25, -0.2) is 0 Å². The van der Waals surface area contributed by atoms with E-state index in [1.54, 1.807) is 0 Å². The number of hydrogen-bond donors (Lipinski definition) is 1. The average Bonchev–Trinajstić information content (AvgIpc) is 2.38. The van der Waals surface area contributed by atoms with Gasteiger partial charge in [0.1, 0.15) is 0 Å². The number of likely N-dealkylation sites (tertiary alicyclic amines) is 1. The largest absolute Gasteiger partial charge is 0.312 e. The Bertz CT molecular complexity index is 361. The summed E-state index contributed by atoms with van der Waals surface area (Å²) >= 11 is 0. The lowest BCUT2D eigenvalue weighted by atomic mass is 9.95. The zero-order valence-electron chi connectivity index (χ0n) is 12.5. The van der Waals surface area contributed by atoms with Crippen LogP contribution in [0.5, 0.6) is 0 Å². The monoisotopic (exact) mass is 261 g/mol. The molecule has 0 spiro atoms. The molecule has 1 aromatic rings. The number of nitrogens with one attached hydrogen (secondary N) is 1. The second-order valence-electron chi connectivity index (χ2n) is 6.67. The summed E-state index contributed by atoms with van der Waals surface area (Å²) in [6, 6.07) is 6.17. The first-order chi connectivity index (χ1) is 9.03. The standard InChI is InChI=1S/C16H27N3/c1-16(2,3)18-12-14-7-10-19(11-8-14)13-15-6-4-5-9-17-15/h4-6,9,14,18H,7-8,10-13H2,1-3H3. The van der Waals surface area contributed by atoms with Gasteiger partial charge in [0.15, 0.2) is 0 Å². The lowest BCUT2D eigenvalue weighted by Crippen LogP contribution is -2.42. The van der Waals surface area contributed by atoms with Crippen molar-refractivity contribution in [2.24, 2.45) is 5.92 Å². The van der Waals surface area contributed by atoms with Gasteiger partial charge in [0.2, 0.25) is 0 Å². The summed E-state index contributed by atoms with van der Waals surface area (Å²) in [7, 11) is 0. The molecule has 0 bridgehead atoms. The lowest BCUT2D eigenvalue weighted by Gasteiger charge is -2.33. The average molecular weight is 261 g/mol. The molecule has 2 rings (SSSR count). The van der Waals surface area contributed by atoms with Crippen LogP contribution in [0.1, 0.15) is 39.3 Å². The fraction of sp³-hybridized carbons (Fsp3) is 0.688. The van der Waals surface area contributed by atoms with E-state index in [2.05, 4.69) is 48.1 Å². The maximum absolute atomic E-state index is 4.41. The molecular formula is C16H27N3. The van der Waals surface area contributed by atoms with Crippen molar-refractivity contribution >= 4 is 0 Å². The number of hydrogen-bond acceptors (Lipinski definition) is 3. The number of rotatable bonds is 4. The molecule has 0 radical (unpaired) electrons. The van der Waals surface area contributed by atoms with Crippen molar-refractivity contribution in [3.8, 4) is 0 Å². The van der Waals surface area contributed by atoms with Crippen molar-refractivity contribution in [1.82, 2.24) is 15.2 Å². The second kappa shape index (κ2) is 6.49. The fourth-order valence-corrected chi connectivity index (χ4v) is 2.52. The molecule has 1 aliphatic rings. The molecule has 2 heterocycles. The minimum atomic E-state index is 0.241. The van der Waals surface area contributed by atoms with Crippen LogP contribution < -0.4 is 5.32 Å². The zero-order chi connectivity index (χ0) is 13.7. The lowest BCUT2D eigenvalue weighted by molar-refractivity contribution is 0.168. The number of piperidine rings is 1. The van der Waals surface area contributed by atoms with Crippen LogP contribution in [0.25, 0.3) is 0 Å². The Kier molecular flexibility index (Phi) is 4.94. The summed E-state index contributed by atoms with van der Waals surface area (Å²) in [5.74, 6) is 0.833.